The van der Waals surface area contributed by atoms with Crippen LogP contribution in [0.15, 0.2) is 67.0 Å². The summed E-state index contributed by atoms with van der Waals surface area (Å²) in [4.78, 5) is 7.33. The molecule has 2 aliphatic carbocycles. The van der Waals surface area contributed by atoms with Crippen molar-refractivity contribution in [2.75, 3.05) is 18.9 Å². The van der Waals surface area contributed by atoms with Crippen LogP contribution in [0.25, 0.3) is 0 Å². The number of aliphatic hydroxyl groups excluding tert-OH is 5. The second-order valence-corrected chi connectivity index (χ2v) is 13.2. The number of hydrogen-bond acceptors (Lipinski definition) is 9. The molecule has 0 radical (unpaired) electrons. The van der Waals surface area contributed by atoms with E-state index in [0.29, 0.717) is 37.9 Å². The van der Waals surface area contributed by atoms with E-state index in [-0.39, 0.29) is 41.8 Å². The van der Waals surface area contributed by atoms with E-state index in [0.717, 1.165) is 36.1 Å². The van der Waals surface area contributed by atoms with Gasteiger partial charge in [-0.2, -0.15) is 0 Å². The molecule has 0 saturated heterocycles. The Morgan fingerprint density at radius 2 is 1.85 bits per heavy atom. The summed E-state index contributed by atoms with van der Waals surface area (Å²) in [5, 5.41) is 63.9. The Morgan fingerprint density at radius 3 is 2.60 bits per heavy atom. The molecule has 0 unspecified atom stereocenters. The fourth-order valence-corrected chi connectivity index (χ4v) is 7.12. The molecule has 0 bridgehead atoms. The third kappa shape index (κ3) is 9.19. The minimum Gasteiger partial charge on any atom is -0.504 e. The molecule has 3 aromatic rings. The first-order chi connectivity index (χ1) is 23.2. The van der Waals surface area contributed by atoms with Crippen molar-refractivity contribution < 1.29 is 35.4 Å². The highest BCUT2D eigenvalue weighted by molar-refractivity contribution is 5.44. The number of nitrogens with zero attached hydrogens (tertiary/aromatic N) is 1. The zero-order valence-corrected chi connectivity index (χ0v) is 27.2. The van der Waals surface area contributed by atoms with Crippen molar-refractivity contribution in [2.45, 2.75) is 87.6 Å². The number of phenolic OH excluding ortho intramolecular Hbond substituents is 1. The first-order valence-electron chi connectivity index (χ1n) is 17.0. The van der Waals surface area contributed by atoms with Gasteiger partial charge in [-0.1, -0.05) is 42.9 Å². The quantitative estimate of drug-likeness (QED) is 0.106. The van der Waals surface area contributed by atoms with Crippen LogP contribution in [0.4, 0.5) is 5.82 Å². The van der Waals surface area contributed by atoms with Gasteiger partial charge in [-0.25, -0.2) is 4.98 Å². The van der Waals surface area contributed by atoms with E-state index >= 15 is 0 Å². The predicted molar refractivity (Wildman–Crippen MR) is 183 cm³/mol. The zero-order valence-electron chi connectivity index (χ0n) is 27.2. The number of aromatic hydroxyl groups is 1. The van der Waals surface area contributed by atoms with E-state index in [2.05, 4.69) is 21.8 Å². The average Bonchev–Trinajstić information content (AvgIpc) is 3.53. The highest BCUT2D eigenvalue weighted by Gasteiger charge is 2.36. The summed E-state index contributed by atoms with van der Waals surface area (Å²) in [6, 6.07) is 12.6. The number of pyridine rings is 1. The van der Waals surface area contributed by atoms with Crippen molar-refractivity contribution in [2.24, 2.45) is 17.8 Å². The number of nitrogens with two attached hydrogens (primary N) is 1. The lowest BCUT2D eigenvalue weighted by Gasteiger charge is -2.31. The molecule has 0 amide bonds. The van der Waals surface area contributed by atoms with Gasteiger partial charge in [0.1, 0.15) is 18.0 Å². The molecule has 10 heteroatoms. The number of H-pyrrole nitrogens is 1. The molecule has 0 aliphatic heterocycles. The second kappa shape index (κ2) is 17.0. The molecule has 1 aromatic carbocycles. The fraction of sp³-hybridized carbons (Fsp3) is 0.500. The Balaban J connectivity index is 1.40. The van der Waals surface area contributed by atoms with Gasteiger partial charge < -0.3 is 46.1 Å². The summed E-state index contributed by atoms with van der Waals surface area (Å²) < 4.78 is 6.31. The van der Waals surface area contributed by atoms with Gasteiger partial charge in [0.2, 0.25) is 0 Å². The molecule has 48 heavy (non-hydrogen) atoms. The number of rotatable bonds is 12. The van der Waals surface area contributed by atoms with E-state index in [9.17, 15) is 30.6 Å². The third-order valence-electron chi connectivity index (χ3n) is 9.81. The number of phenols is 1. The third-order valence-corrected chi connectivity index (χ3v) is 9.81. The standard InChI is InChI=1S/C38H49N3O7/c39-37-22-28(13-16-41-37)29(18-30-5-3-15-40-30)21-36(34(47)23-43)48-35-20-27(11-12-31(35)44)26-10-9-25-8-7-24(14-17-42)4-1-2-6-32(45)38(25)33(46)19-26/h3,5,9-13,15-16,20,22,24-26,29,32-34,36,38,40,42-47H,1-2,4,6,14,17-19,21,23H2,(H2,39,41)/t24-,25-,26-,29+,32+,33-,34-,36+,38-/m1/s1. The van der Waals surface area contributed by atoms with Crippen molar-refractivity contribution in [3.8, 4) is 23.3 Å². The molecule has 0 spiro atoms. The lowest BCUT2D eigenvalue weighted by atomic mass is 9.79. The number of benzene rings is 1. The van der Waals surface area contributed by atoms with E-state index in [1.807, 2.05) is 36.5 Å². The summed E-state index contributed by atoms with van der Waals surface area (Å²) >= 11 is 0. The molecular weight excluding hydrogens is 610 g/mol. The molecule has 2 heterocycles. The van der Waals surface area contributed by atoms with Gasteiger partial charge in [-0.15, -0.1) is 0 Å². The Morgan fingerprint density at radius 1 is 1.02 bits per heavy atom. The summed E-state index contributed by atoms with van der Waals surface area (Å²) in [5.74, 6) is 5.88. The molecule has 258 valence electrons. The Kier molecular flexibility index (Phi) is 12.6. The van der Waals surface area contributed by atoms with Crippen molar-refractivity contribution in [1.82, 2.24) is 9.97 Å². The number of nitrogens with one attached hydrogen (secondary N) is 1. The topological polar surface area (TPSA) is 185 Å². The van der Waals surface area contributed by atoms with Gasteiger partial charge in [-0.3, -0.25) is 0 Å². The normalized spacial score (nSPS) is 26.3. The number of nitrogen functional groups attached to an aromatic ring is 1. The van der Waals surface area contributed by atoms with Crippen molar-refractivity contribution in [3.63, 3.8) is 0 Å². The van der Waals surface area contributed by atoms with Crippen LogP contribution in [0.1, 0.15) is 73.6 Å². The fourth-order valence-electron chi connectivity index (χ4n) is 7.12. The van der Waals surface area contributed by atoms with E-state index in [1.165, 1.54) is 6.07 Å². The van der Waals surface area contributed by atoms with Crippen LogP contribution in [0.5, 0.6) is 11.5 Å². The molecule has 0 fully saturated rings. The number of aromatic nitrogens is 2. The maximum Gasteiger partial charge on any atom is 0.161 e. The molecule has 0 saturated carbocycles. The monoisotopic (exact) mass is 659 g/mol. The average molecular weight is 660 g/mol. The van der Waals surface area contributed by atoms with Crippen molar-refractivity contribution in [3.05, 3.63) is 83.8 Å². The van der Waals surface area contributed by atoms with Crippen LogP contribution in [0, 0.1) is 29.6 Å². The predicted octanol–water partition coefficient (Wildman–Crippen LogP) is 3.79. The molecule has 10 nitrogen and oxygen atoms in total. The molecule has 9 N–H and O–H groups in total. The van der Waals surface area contributed by atoms with Gasteiger partial charge in [0.25, 0.3) is 0 Å². The minimum atomic E-state index is -1.24. The van der Waals surface area contributed by atoms with Crippen LogP contribution >= 0.6 is 0 Å². The highest BCUT2D eigenvalue weighted by Crippen LogP contribution is 2.40. The first-order valence-corrected chi connectivity index (χ1v) is 17.0. The van der Waals surface area contributed by atoms with Crippen LogP contribution in [-0.4, -0.2) is 78.2 Å². The van der Waals surface area contributed by atoms with Crippen molar-refractivity contribution in [1.29, 1.82) is 0 Å². The Hall–Kier alpha value is -3.85. The summed E-state index contributed by atoms with van der Waals surface area (Å²) in [7, 11) is 0. The van der Waals surface area contributed by atoms with E-state index in [1.54, 1.807) is 24.4 Å². The van der Waals surface area contributed by atoms with Gasteiger partial charge in [0.15, 0.2) is 11.5 Å². The smallest absolute Gasteiger partial charge is 0.161 e. The second-order valence-electron chi connectivity index (χ2n) is 13.2. The lowest BCUT2D eigenvalue weighted by Crippen LogP contribution is -2.37. The van der Waals surface area contributed by atoms with Crippen LogP contribution < -0.4 is 10.5 Å². The van der Waals surface area contributed by atoms with Crippen molar-refractivity contribution >= 4 is 5.82 Å². The SMILES string of the molecule is Nc1cc([C@@H](Cc2ccc[nH]2)C[C@H](Oc2cc([C@@H]3C=C[C@H]4C#C[C@H](CCO)CCCC[C@H](O)[C@@H]4[C@H](O)C3)ccc2O)[C@H](O)CO)ccn1. The highest BCUT2D eigenvalue weighted by atomic mass is 16.5. The van der Waals surface area contributed by atoms with Gasteiger partial charge >= 0.3 is 0 Å². The first kappa shape index (κ1) is 35.5. The summed E-state index contributed by atoms with van der Waals surface area (Å²) in [5.41, 5.74) is 8.67. The molecule has 9 atom stereocenters. The Bertz CT molecular complexity index is 1530. The van der Waals surface area contributed by atoms with Crippen LogP contribution in [0.2, 0.25) is 0 Å². The number of allylic oxidation sites excluding steroid dienone is 2. The number of hydrogen-bond donors (Lipinski definition) is 8. The van der Waals surface area contributed by atoms with Gasteiger partial charge in [0.05, 0.1) is 18.8 Å². The summed E-state index contributed by atoms with van der Waals surface area (Å²) in [6.07, 6.45) is 8.80. The maximum absolute atomic E-state index is 11.5. The van der Waals surface area contributed by atoms with Crippen LogP contribution in [0.3, 0.4) is 0 Å². The van der Waals surface area contributed by atoms with Gasteiger partial charge in [0, 0.05) is 48.4 Å². The number of aromatic amines is 1. The number of aliphatic hydroxyl groups is 5. The largest absolute Gasteiger partial charge is 0.504 e. The Labute approximate surface area is 282 Å². The zero-order chi connectivity index (χ0) is 34.0. The summed E-state index contributed by atoms with van der Waals surface area (Å²) in [6.45, 7) is -0.467. The lowest BCUT2D eigenvalue weighted by molar-refractivity contribution is -0.00876. The number of anilines is 1. The van der Waals surface area contributed by atoms with Gasteiger partial charge in [-0.05, 0) is 92.0 Å². The van der Waals surface area contributed by atoms with Crippen LogP contribution in [-0.2, 0) is 6.42 Å². The number of ether oxygens (including phenoxy) is 1. The molecule has 2 aromatic heterocycles. The van der Waals surface area contributed by atoms with E-state index < -0.39 is 36.9 Å². The maximum atomic E-state index is 11.5. The van der Waals surface area contributed by atoms with E-state index in [4.69, 9.17) is 10.5 Å². The minimum absolute atomic E-state index is 0.0733. The molecular formula is C38H49N3O7. The molecule has 2 aliphatic rings. The molecule has 5 rings (SSSR count). The number of fused-ring (bicyclic) bond motifs is 1.